The van der Waals surface area contributed by atoms with E-state index in [1.165, 1.54) is 12.5 Å². The standard InChI is InChI=1S/C21H26N2O3/c1-4-26-20-11-9-19(10-12-20)22-21(25)13-14-23(17(3)24)15-18-7-5-16(2)6-8-18/h5-12H,4,13-15H2,1-3H3,(H,22,25). The third kappa shape index (κ3) is 6.24. The minimum atomic E-state index is -0.121. The highest BCUT2D eigenvalue weighted by atomic mass is 16.5. The maximum Gasteiger partial charge on any atom is 0.226 e. The van der Waals surface area contributed by atoms with Crippen molar-refractivity contribution in [2.45, 2.75) is 33.7 Å². The summed E-state index contributed by atoms with van der Waals surface area (Å²) in [5.74, 6) is 0.607. The lowest BCUT2D eigenvalue weighted by Crippen LogP contribution is -2.31. The second kappa shape index (κ2) is 9.61. The molecule has 0 fully saturated rings. The molecule has 0 atom stereocenters. The van der Waals surface area contributed by atoms with E-state index < -0.39 is 0 Å². The Labute approximate surface area is 155 Å². The van der Waals surface area contributed by atoms with Crippen LogP contribution in [0.4, 0.5) is 5.69 Å². The zero-order chi connectivity index (χ0) is 18.9. The summed E-state index contributed by atoms with van der Waals surface area (Å²) in [7, 11) is 0. The lowest BCUT2D eigenvalue weighted by Gasteiger charge is -2.21. The van der Waals surface area contributed by atoms with Gasteiger partial charge in [0.25, 0.3) is 0 Å². The Morgan fingerprint density at radius 2 is 1.69 bits per heavy atom. The smallest absolute Gasteiger partial charge is 0.226 e. The molecule has 0 aliphatic heterocycles. The number of carbonyl (C=O) groups excluding carboxylic acids is 2. The molecule has 2 aromatic rings. The van der Waals surface area contributed by atoms with Gasteiger partial charge in [-0.15, -0.1) is 0 Å². The first-order valence-electron chi connectivity index (χ1n) is 8.81. The Kier molecular flexibility index (Phi) is 7.21. The van der Waals surface area contributed by atoms with Crippen LogP contribution in [0.2, 0.25) is 0 Å². The Hall–Kier alpha value is -2.82. The first-order valence-corrected chi connectivity index (χ1v) is 8.81. The molecule has 0 aliphatic rings. The van der Waals surface area contributed by atoms with E-state index in [1.807, 2.05) is 50.2 Å². The molecular weight excluding hydrogens is 328 g/mol. The molecule has 0 heterocycles. The van der Waals surface area contributed by atoms with Crippen molar-refractivity contribution in [1.82, 2.24) is 4.90 Å². The van der Waals surface area contributed by atoms with Crippen LogP contribution in [-0.4, -0.2) is 29.9 Å². The van der Waals surface area contributed by atoms with Crippen LogP contribution in [0.5, 0.6) is 5.75 Å². The maximum atomic E-state index is 12.2. The van der Waals surface area contributed by atoms with E-state index in [0.29, 0.717) is 25.4 Å². The Bertz CT molecular complexity index is 724. The van der Waals surface area contributed by atoms with Gasteiger partial charge in [0.15, 0.2) is 0 Å². The highest BCUT2D eigenvalue weighted by Crippen LogP contribution is 2.16. The van der Waals surface area contributed by atoms with E-state index >= 15 is 0 Å². The zero-order valence-corrected chi connectivity index (χ0v) is 15.6. The van der Waals surface area contributed by atoms with Gasteiger partial charge in [0, 0.05) is 32.1 Å². The minimum absolute atomic E-state index is 0.0422. The van der Waals surface area contributed by atoms with Crippen LogP contribution in [-0.2, 0) is 16.1 Å². The van der Waals surface area contributed by atoms with Crippen LogP contribution in [0.25, 0.3) is 0 Å². The summed E-state index contributed by atoms with van der Waals surface area (Å²) in [6.45, 7) is 6.97. The molecule has 2 rings (SSSR count). The number of anilines is 1. The van der Waals surface area contributed by atoms with Gasteiger partial charge >= 0.3 is 0 Å². The average molecular weight is 354 g/mol. The van der Waals surface area contributed by atoms with Gasteiger partial charge in [0.2, 0.25) is 11.8 Å². The van der Waals surface area contributed by atoms with Crippen molar-refractivity contribution >= 4 is 17.5 Å². The summed E-state index contributed by atoms with van der Waals surface area (Å²) in [5.41, 5.74) is 2.95. The third-order valence-electron chi connectivity index (χ3n) is 4.00. The number of carbonyl (C=O) groups is 2. The van der Waals surface area contributed by atoms with Crippen molar-refractivity contribution in [3.8, 4) is 5.75 Å². The van der Waals surface area contributed by atoms with Gasteiger partial charge in [-0.05, 0) is 43.7 Å². The average Bonchev–Trinajstić information content (AvgIpc) is 2.62. The predicted molar refractivity (Wildman–Crippen MR) is 103 cm³/mol. The number of amides is 2. The molecule has 1 N–H and O–H groups in total. The molecular formula is C21H26N2O3. The third-order valence-corrected chi connectivity index (χ3v) is 4.00. The number of rotatable bonds is 8. The molecule has 0 aliphatic carbocycles. The summed E-state index contributed by atoms with van der Waals surface area (Å²) in [4.78, 5) is 25.7. The van der Waals surface area contributed by atoms with Gasteiger partial charge in [-0.2, -0.15) is 0 Å². The molecule has 26 heavy (non-hydrogen) atoms. The number of nitrogens with one attached hydrogen (secondary N) is 1. The van der Waals surface area contributed by atoms with Gasteiger partial charge in [0.05, 0.1) is 6.61 Å². The fourth-order valence-electron chi connectivity index (χ4n) is 2.52. The normalized spacial score (nSPS) is 10.3. The topological polar surface area (TPSA) is 58.6 Å². The summed E-state index contributed by atoms with van der Waals surface area (Å²) >= 11 is 0. The van der Waals surface area contributed by atoms with Crippen LogP contribution in [0.15, 0.2) is 48.5 Å². The maximum absolute atomic E-state index is 12.2. The first kappa shape index (κ1) is 19.5. The first-order chi connectivity index (χ1) is 12.5. The molecule has 0 aromatic heterocycles. The fraction of sp³-hybridized carbons (Fsp3) is 0.333. The van der Waals surface area contributed by atoms with Crippen LogP contribution < -0.4 is 10.1 Å². The van der Waals surface area contributed by atoms with Crippen LogP contribution in [0.1, 0.15) is 31.4 Å². The molecule has 0 saturated heterocycles. The quantitative estimate of drug-likeness (QED) is 0.785. The molecule has 5 heteroatoms. The highest BCUT2D eigenvalue weighted by molar-refractivity contribution is 5.91. The van der Waals surface area contributed by atoms with Gasteiger partial charge in [-0.3, -0.25) is 9.59 Å². The largest absolute Gasteiger partial charge is 0.494 e. The Morgan fingerprint density at radius 3 is 2.27 bits per heavy atom. The molecule has 2 amide bonds. The zero-order valence-electron chi connectivity index (χ0n) is 15.6. The van der Waals surface area contributed by atoms with Crippen LogP contribution >= 0.6 is 0 Å². The van der Waals surface area contributed by atoms with Crippen LogP contribution in [0, 0.1) is 6.92 Å². The van der Waals surface area contributed by atoms with Gasteiger partial charge in [-0.25, -0.2) is 0 Å². The number of hydrogen-bond acceptors (Lipinski definition) is 3. The summed E-state index contributed by atoms with van der Waals surface area (Å²) < 4.78 is 5.38. The second-order valence-electron chi connectivity index (χ2n) is 6.18. The number of hydrogen-bond donors (Lipinski definition) is 1. The summed E-state index contributed by atoms with van der Waals surface area (Å²) in [6.07, 6.45) is 0.249. The van der Waals surface area contributed by atoms with Gasteiger partial charge in [-0.1, -0.05) is 29.8 Å². The predicted octanol–water partition coefficient (Wildman–Crippen LogP) is 3.77. The van der Waals surface area contributed by atoms with E-state index in [9.17, 15) is 9.59 Å². The molecule has 0 bridgehead atoms. The summed E-state index contributed by atoms with van der Waals surface area (Å²) in [5, 5.41) is 2.84. The van der Waals surface area contributed by atoms with Crippen molar-refractivity contribution in [3.05, 3.63) is 59.7 Å². The lowest BCUT2D eigenvalue weighted by atomic mass is 10.1. The van der Waals surface area contributed by atoms with E-state index in [-0.39, 0.29) is 18.2 Å². The van der Waals surface area contributed by atoms with E-state index in [2.05, 4.69) is 5.32 Å². The number of ether oxygens (including phenoxy) is 1. The summed E-state index contributed by atoms with van der Waals surface area (Å²) in [6, 6.07) is 15.3. The number of nitrogens with zero attached hydrogens (tertiary/aromatic N) is 1. The molecule has 0 spiro atoms. The van der Waals surface area contributed by atoms with Gasteiger partial charge in [0.1, 0.15) is 5.75 Å². The van der Waals surface area contributed by atoms with Crippen molar-refractivity contribution in [2.24, 2.45) is 0 Å². The van der Waals surface area contributed by atoms with Crippen LogP contribution in [0.3, 0.4) is 0 Å². The molecule has 0 unspecified atom stereocenters. The van der Waals surface area contributed by atoms with Crippen molar-refractivity contribution in [2.75, 3.05) is 18.5 Å². The van der Waals surface area contributed by atoms with Crippen molar-refractivity contribution in [1.29, 1.82) is 0 Å². The number of aryl methyl sites for hydroxylation is 1. The highest BCUT2D eigenvalue weighted by Gasteiger charge is 2.12. The Morgan fingerprint density at radius 1 is 1.04 bits per heavy atom. The van der Waals surface area contributed by atoms with E-state index in [1.54, 1.807) is 17.0 Å². The Balaban J connectivity index is 1.86. The van der Waals surface area contributed by atoms with Gasteiger partial charge < -0.3 is 15.0 Å². The lowest BCUT2D eigenvalue weighted by molar-refractivity contribution is -0.129. The molecule has 138 valence electrons. The molecule has 5 nitrogen and oxygen atoms in total. The monoisotopic (exact) mass is 354 g/mol. The van der Waals surface area contributed by atoms with Crippen molar-refractivity contribution < 1.29 is 14.3 Å². The SMILES string of the molecule is CCOc1ccc(NC(=O)CCN(Cc2ccc(C)cc2)C(C)=O)cc1. The molecule has 0 radical (unpaired) electrons. The second-order valence-corrected chi connectivity index (χ2v) is 6.18. The fourth-order valence-corrected chi connectivity index (χ4v) is 2.52. The van der Waals surface area contributed by atoms with E-state index in [0.717, 1.165) is 11.3 Å². The molecule has 0 saturated carbocycles. The number of benzene rings is 2. The molecule has 2 aromatic carbocycles. The minimum Gasteiger partial charge on any atom is -0.494 e. The van der Waals surface area contributed by atoms with E-state index in [4.69, 9.17) is 4.74 Å². The van der Waals surface area contributed by atoms with Crippen molar-refractivity contribution in [3.63, 3.8) is 0 Å².